The molecule has 0 saturated carbocycles. The van der Waals surface area contributed by atoms with Crippen LogP contribution in [0.5, 0.6) is 0 Å². The first-order valence-electron chi connectivity index (χ1n) is 4.78. The summed E-state index contributed by atoms with van der Waals surface area (Å²) in [5.41, 5.74) is 7.00. The fourth-order valence-electron chi connectivity index (χ4n) is 1.39. The van der Waals surface area contributed by atoms with E-state index in [9.17, 15) is 4.79 Å². The number of benzene rings is 1. The Labute approximate surface area is 102 Å². The molecule has 1 aromatic carbocycles. The number of carbonyl (C=O) groups is 1. The molecule has 0 radical (unpaired) electrons. The number of nitrogens with zero attached hydrogens (tertiary/aromatic N) is 3. The Balaban J connectivity index is 2.34. The molecule has 0 aliphatic rings. The number of amides is 1. The molecule has 3 N–H and O–H groups in total. The van der Waals surface area contributed by atoms with Crippen LogP contribution in [0.15, 0.2) is 24.4 Å². The van der Waals surface area contributed by atoms with Gasteiger partial charge in [0, 0.05) is 12.1 Å². The summed E-state index contributed by atoms with van der Waals surface area (Å²) >= 11 is 5.86. The Kier molecular flexibility index (Phi) is 2.97. The summed E-state index contributed by atoms with van der Waals surface area (Å²) in [5, 5.41) is 10.2. The Bertz CT molecular complexity index is 540. The maximum Gasteiger partial charge on any atom is 0.280 e. The van der Waals surface area contributed by atoms with Crippen LogP contribution >= 0.6 is 11.6 Å². The minimum atomic E-state index is -0.312. The Hall–Kier alpha value is -2.08. The number of nitrogens with one attached hydrogen (secondary N) is 1. The second kappa shape index (κ2) is 4.42. The third-order valence-corrected chi connectivity index (χ3v) is 2.53. The van der Waals surface area contributed by atoms with E-state index in [0.717, 1.165) is 0 Å². The summed E-state index contributed by atoms with van der Waals surface area (Å²) in [4.78, 5) is 13.3. The minimum Gasteiger partial charge on any atom is -0.397 e. The quantitative estimate of drug-likeness (QED) is 0.788. The second-order valence-corrected chi connectivity index (χ2v) is 3.86. The number of rotatable bonds is 2. The minimum absolute atomic E-state index is 0.215. The molecule has 2 rings (SSSR count). The van der Waals surface area contributed by atoms with Crippen LogP contribution in [0, 0.1) is 0 Å². The van der Waals surface area contributed by atoms with E-state index >= 15 is 0 Å². The number of aromatic nitrogens is 3. The molecule has 17 heavy (non-hydrogen) atoms. The van der Waals surface area contributed by atoms with Gasteiger partial charge in [-0.05, 0) is 18.2 Å². The van der Waals surface area contributed by atoms with Gasteiger partial charge in [0.25, 0.3) is 5.91 Å². The highest BCUT2D eigenvalue weighted by molar-refractivity contribution is 6.31. The normalized spacial score (nSPS) is 10.2. The summed E-state index contributed by atoms with van der Waals surface area (Å²) < 4.78 is 0. The van der Waals surface area contributed by atoms with Gasteiger partial charge in [-0.15, -0.1) is 0 Å². The number of nitrogen functional groups attached to an aromatic ring is 1. The highest BCUT2D eigenvalue weighted by atomic mass is 35.5. The van der Waals surface area contributed by atoms with Crippen LogP contribution in [0.1, 0.15) is 10.5 Å². The fraction of sp³-hybridized carbons (Fsp3) is 0.100. The van der Waals surface area contributed by atoms with Gasteiger partial charge in [0.1, 0.15) is 0 Å². The van der Waals surface area contributed by atoms with Crippen LogP contribution in [0.25, 0.3) is 0 Å². The van der Waals surface area contributed by atoms with Crippen LogP contribution in [0.4, 0.5) is 11.4 Å². The molecule has 0 atom stereocenters. The zero-order chi connectivity index (χ0) is 12.4. The van der Waals surface area contributed by atoms with Crippen molar-refractivity contribution in [3.05, 3.63) is 35.1 Å². The lowest BCUT2D eigenvalue weighted by atomic mass is 10.2. The lowest BCUT2D eigenvalue weighted by Crippen LogP contribution is -2.27. The van der Waals surface area contributed by atoms with Crippen LogP contribution in [-0.2, 0) is 0 Å². The molecule has 0 spiro atoms. The van der Waals surface area contributed by atoms with Crippen LogP contribution in [0.2, 0.25) is 5.02 Å². The van der Waals surface area contributed by atoms with Crippen LogP contribution < -0.4 is 10.6 Å². The molecule has 2 aromatic rings. The standard InChI is InChI=1S/C10H10ClN5O/c1-16(10(17)8-5-13-15-14-8)9-4-6(11)2-3-7(9)12/h2-5H,12H2,1H3,(H,13,14,15). The van der Waals surface area contributed by atoms with E-state index in [-0.39, 0.29) is 11.6 Å². The van der Waals surface area contributed by atoms with Gasteiger partial charge in [-0.2, -0.15) is 15.4 Å². The van der Waals surface area contributed by atoms with Crippen LogP contribution in [0.3, 0.4) is 0 Å². The lowest BCUT2D eigenvalue weighted by molar-refractivity contribution is 0.0988. The second-order valence-electron chi connectivity index (χ2n) is 3.42. The number of hydrogen-bond acceptors (Lipinski definition) is 4. The van der Waals surface area contributed by atoms with Crippen molar-refractivity contribution in [3.63, 3.8) is 0 Å². The molecule has 88 valence electrons. The molecule has 1 aromatic heterocycles. The van der Waals surface area contributed by atoms with Crippen molar-refractivity contribution in [2.75, 3.05) is 17.7 Å². The maximum atomic E-state index is 12.0. The monoisotopic (exact) mass is 251 g/mol. The highest BCUT2D eigenvalue weighted by Crippen LogP contribution is 2.26. The van der Waals surface area contributed by atoms with Gasteiger partial charge < -0.3 is 10.6 Å². The van der Waals surface area contributed by atoms with Gasteiger partial charge in [-0.1, -0.05) is 11.6 Å². The van der Waals surface area contributed by atoms with E-state index in [2.05, 4.69) is 15.4 Å². The smallest absolute Gasteiger partial charge is 0.280 e. The SMILES string of the molecule is CN(C(=O)c1cn[nH]n1)c1cc(Cl)ccc1N. The fourth-order valence-corrected chi connectivity index (χ4v) is 1.56. The van der Waals surface area contributed by atoms with Gasteiger partial charge in [0.15, 0.2) is 5.69 Å². The van der Waals surface area contributed by atoms with E-state index in [1.54, 1.807) is 25.2 Å². The predicted octanol–water partition coefficient (Wildman–Crippen LogP) is 1.32. The van der Waals surface area contributed by atoms with E-state index in [1.807, 2.05) is 0 Å². The Morgan fingerprint density at radius 3 is 2.94 bits per heavy atom. The number of halogens is 1. The molecule has 7 heteroatoms. The summed E-state index contributed by atoms with van der Waals surface area (Å²) in [6.45, 7) is 0. The predicted molar refractivity (Wildman–Crippen MR) is 65.0 cm³/mol. The van der Waals surface area contributed by atoms with Crippen molar-refractivity contribution in [2.45, 2.75) is 0 Å². The van der Waals surface area contributed by atoms with Crippen LogP contribution in [-0.4, -0.2) is 28.4 Å². The average Bonchev–Trinajstić information content (AvgIpc) is 2.84. The van der Waals surface area contributed by atoms with Crippen molar-refractivity contribution in [1.29, 1.82) is 0 Å². The van der Waals surface area contributed by atoms with Gasteiger partial charge >= 0.3 is 0 Å². The average molecular weight is 252 g/mol. The van der Waals surface area contributed by atoms with E-state index in [4.69, 9.17) is 17.3 Å². The van der Waals surface area contributed by atoms with Crippen molar-refractivity contribution in [1.82, 2.24) is 15.4 Å². The number of aromatic amines is 1. The zero-order valence-corrected chi connectivity index (χ0v) is 9.77. The summed E-state index contributed by atoms with van der Waals surface area (Å²) in [6.07, 6.45) is 1.35. The molecular formula is C10H10ClN5O. The summed E-state index contributed by atoms with van der Waals surface area (Å²) in [7, 11) is 1.60. The third kappa shape index (κ3) is 2.21. The molecule has 0 aliphatic heterocycles. The first-order valence-corrected chi connectivity index (χ1v) is 5.16. The lowest BCUT2D eigenvalue weighted by Gasteiger charge is -2.18. The first kappa shape index (κ1) is 11.4. The first-order chi connectivity index (χ1) is 8.09. The van der Waals surface area contributed by atoms with Gasteiger partial charge in [-0.3, -0.25) is 4.79 Å². The number of anilines is 2. The zero-order valence-electron chi connectivity index (χ0n) is 9.01. The highest BCUT2D eigenvalue weighted by Gasteiger charge is 2.17. The molecule has 6 nitrogen and oxygen atoms in total. The van der Waals surface area contributed by atoms with Crippen molar-refractivity contribution in [2.24, 2.45) is 0 Å². The van der Waals surface area contributed by atoms with Gasteiger partial charge in [-0.25, -0.2) is 0 Å². The molecule has 0 aliphatic carbocycles. The van der Waals surface area contributed by atoms with Gasteiger partial charge in [0.2, 0.25) is 0 Å². The topological polar surface area (TPSA) is 87.9 Å². The Morgan fingerprint density at radius 2 is 2.29 bits per heavy atom. The molecule has 1 heterocycles. The molecule has 1 amide bonds. The number of carbonyl (C=O) groups excluding carboxylic acids is 1. The van der Waals surface area contributed by atoms with Crippen molar-refractivity contribution < 1.29 is 4.79 Å². The summed E-state index contributed by atoms with van der Waals surface area (Å²) in [5.74, 6) is -0.312. The maximum absolute atomic E-state index is 12.0. The van der Waals surface area contributed by atoms with Gasteiger partial charge in [0.05, 0.1) is 17.6 Å². The number of hydrogen-bond donors (Lipinski definition) is 2. The number of nitrogens with two attached hydrogens (primary N) is 1. The third-order valence-electron chi connectivity index (χ3n) is 2.29. The molecular weight excluding hydrogens is 242 g/mol. The van der Waals surface area contributed by atoms with E-state index in [1.165, 1.54) is 11.1 Å². The van der Waals surface area contributed by atoms with E-state index in [0.29, 0.717) is 16.4 Å². The molecule has 0 saturated heterocycles. The molecule has 0 bridgehead atoms. The summed E-state index contributed by atoms with van der Waals surface area (Å²) in [6, 6.07) is 4.92. The number of H-pyrrole nitrogens is 1. The van der Waals surface area contributed by atoms with E-state index < -0.39 is 0 Å². The Morgan fingerprint density at radius 1 is 1.53 bits per heavy atom. The molecule has 0 fully saturated rings. The molecule has 0 unspecified atom stereocenters. The largest absolute Gasteiger partial charge is 0.397 e. The van der Waals surface area contributed by atoms with Crippen molar-refractivity contribution in [3.8, 4) is 0 Å². The van der Waals surface area contributed by atoms with Crippen molar-refractivity contribution >= 4 is 28.9 Å².